The summed E-state index contributed by atoms with van der Waals surface area (Å²) in [6.45, 7) is 2.46. The van der Waals surface area contributed by atoms with Crippen molar-refractivity contribution < 1.29 is 29.4 Å². The smallest absolute Gasteiger partial charge is 0.338 e. The van der Waals surface area contributed by atoms with Crippen molar-refractivity contribution >= 4 is 17.8 Å². The second-order valence-electron chi connectivity index (χ2n) is 6.11. The number of carboxylic acids is 1. The minimum atomic E-state index is -1.04. The number of nitrogens with zero attached hydrogens (tertiary/aromatic N) is 1. The van der Waals surface area contributed by atoms with Crippen LogP contribution in [0.5, 0.6) is 0 Å². The van der Waals surface area contributed by atoms with Crippen LogP contribution in [-0.2, 0) is 22.6 Å². The molecule has 0 bridgehead atoms. The van der Waals surface area contributed by atoms with E-state index in [1.54, 1.807) is 53.7 Å². The monoisotopic (exact) mass is 386 g/mol. The predicted molar refractivity (Wildman–Crippen MR) is 99.8 cm³/mol. The number of hydrogen-bond acceptors (Lipinski definition) is 6. The summed E-state index contributed by atoms with van der Waals surface area (Å²) in [5, 5.41) is 18.0. The van der Waals surface area contributed by atoms with Crippen LogP contribution in [-0.4, -0.2) is 46.2 Å². The summed E-state index contributed by atoms with van der Waals surface area (Å²) in [6.07, 6.45) is 0. The maximum absolute atomic E-state index is 11.9. The van der Waals surface area contributed by atoms with Gasteiger partial charge >= 0.3 is 11.9 Å². The van der Waals surface area contributed by atoms with Crippen molar-refractivity contribution in [2.45, 2.75) is 20.0 Å². The second kappa shape index (κ2) is 10.2. The first-order valence-corrected chi connectivity index (χ1v) is 8.66. The van der Waals surface area contributed by atoms with Gasteiger partial charge in [0.25, 0.3) is 5.91 Å². The van der Waals surface area contributed by atoms with Gasteiger partial charge in [0.15, 0.2) is 0 Å². The van der Waals surface area contributed by atoms with E-state index >= 15 is 0 Å². The second-order valence-corrected chi connectivity index (χ2v) is 6.11. The number of hydroxylamine groups is 1. The van der Waals surface area contributed by atoms with E-state index in [2.05, 4.69) is 0 Å². The summed E-state index contributed by atoms with van der Waals surface area (Å²) in [4.78, 5) is 36.5. The van der Waals surface area contributed by atoms with Crippen LogP contribution in [0, 0.1) is 0 Å². The van der Waals surface area contributed by atoms with Gasteiger partial charge in [0, 0.05) is 13.1 Å². The van der Waals surface area contributed by atoms with Crippen molar-refractivity contribution in [3.8, 4) is 0 Å². The molecule has 0 atom stereocenters. The van der Waals surface area contributed by atoms with Gasteiger partial charge in [0.05, 0.1) is 24.3 Å². The number of amides is 1. The zero-order valence-corrected chi connectivity index (χ0v) is 15.4. The van der Waals surface area contributed by atoms with E-state index < -0.39 is 17.8 Å². The van der Waals surface area contributed by atoms with Gasteiger partial charge in [-0.25, -0.2) is 15.1 Å². The van der Waals surface area contributed by atoms with E-state index in [0.29, 0.717) is 17.7 Å². The van der Waals surface area contributed by atoms with Crippen molar-refractivity contribution in [1.82, 2.24) is 10.4 Å². The van der Waals surface area contributed by atoms with E-state index in [1.807, 2.05) is 0 Å². The van der Waals surface area contributed by atoms with Crippen molar-refractivity contribution in [3.63, 3.8) is 0 Å². The molecule has 2 aromatic rings. The molecule has 0 saturated heterocycles. The van der Waals surface area contributed by atoms with Gasteiger partial charge in [-0.3, -0.25) is 14.9 Å². The largest absolute Gasteiger partial charge is 0.478 e. The number of carbonyl (C=O) groups is 3. The number of aromatic carboxylic acids is 1. The maximum Gasteiger partial charge on any atom is 0.338 e. The van der Waals surface area contributed by atoms with E-state index in [-0.39, 0.29) is 25.3 Å². The minimum Gasteiger partial charge on any atom is -0.478 e. The van der Waals surface area contributed by atoms with Crippen LogP contribution in [0.25, 0.3) is 0 Å². The van der Waals surface area contributed by atoms with Gasteiger partial charge in [0.2, 0.25) is 0 Å². The van der Waals surface area contributed by atoms with Gasteiger partial charge in [-0.05, 0) is 42.3 Å². The highest BCUT2D eigenvalue weighted by Gasteiger charge is 2.14. The quantitative estimate of drug-likeness (QED) is 0.343. The van der Waals surface area contributed by atoms with Crippen LogP contribution in [0.3, 0.4) is 0 Å². The topological polar surface area (TPSA) is 116 Å². The van der Waals surface area contributed by atoms with Gasteiger partial charge in [-0.1, -0.05) is 24.3 Å². The Balaban J connectivity index is 2.20. The van der Waals surface area contributed by atoms with E-state index in [9.17, 15) is 14.4 Å². The number of carbonyl (C=O) groups excluding carboxylic acids is 2. The molecule has 148 valence electrons. The average Bonchev–Trinajstić information content (AvgIpc) is 2.68. The van der Waals surface area contributed by atoms with Crippen LogP contribution in [0.15, 0.2) is 48.5 Å². The fourth-order valence-corrected chi connectivity index (χ4v) is 2.74. The lowest BCUT2D eigenvalue weighted by atomic mass is 10.1. The molecule has 0 aliphatic rings. The molecule has 2 aromatic carbocycles. The van der Waals surface area contributed by atoms with E-state index in [0.717, 1.165) is 5.56 Å². The molecule has 0 fully saturated rings. The zero-order chi connectivity index (χ0) is 20.5. The van der Waals surface area contributed by atoms with Crippen LogP contribution in [0.4, 0.5) is 0 Å². The van der Waals surface area contributed by atoms with E-state index in [1.165, 1.54) is 12.1 Å². The molecule has 8 nitrogen and oxygen atoms in total. The minimum absolute atomic E-state index is 0.114. The number of carboxylic acid groups (broad SMARTS) is 1. The molecule has 0 aliphatic heterocycles. The molecule has 0 heterocycles. The number of benzene rings is 2. The fraction of sp³-hybridized carbons (Fsp3) is 0.250. The molecule has 0 radical (unpaired) electrons. The molecule has 1 amide bonds. The third kappa shape index (κ3) is 6.19. The summed E-state index contributed by atoms with van der Waals surface area (Å²) >= 11 is 0. The average molecular weight is 386 g/mol. The predicted octanol–water partition coefficient (Wildman–Crippen LogP) is 2.07. The molecule has 0 unspecified atom stereocenters. The molecule has 8 heteroatoms. The van der Waals surface area contributed by atoms with Crippen LogP contribution < -0.4 is 5.48 Å². The lowest BCUT2D eigenvalue weighted by molar-refractivity contribution is -0.130. The van der Waals surface area contributed by atoms with Crippen LogP contribution in [0.1, 0.15) is 38.8 Å². The molecule has 3 N–H and O–H groups in total. The highest BCUT2D eigenvalue weighted by Crippen LogP contribution is 2.14. The highest BCUT2D eigenvalue weighted by atomic mass is 16.5. The Morgan fingerprint density at radius 3 is 2.11 bits per heavy atom. The molecular formula is C20H22N2O6. The Bertz CT molecular complexity index is 852. The molecule has 0 saturated carbocycles. The molecule has 28 heavy (non-hydrogen) atoms. The van der Waals surface area contributed by atoms with Gasteiger partial charge in [-0.2, -0.15) is 0 Å². The van der Waals surface area contributed by atoms with Gasteiger partial charge in [0.1, 0.15) is 0 Å². The van der Waals surface area contributed by atoms with Gasteiger partial charge in [-0.15, -0.1) is 0 Å². The number of rotatable bonds is 9. The third-order valence-corrected chi connectivity index (χ3v) is 3.92. The summed E-state index contributed by atoms with van der Waals surface area (Å²) in [5.74, 6) is -2.07. The Labute approximate surface area is 162 Å². The van der Waals surface area contributed by atoms with Gasteiger partial charge < -0.3 is 9.84 Å². The first-order chi connectivity index (χ1) is 13.4. The molecule has 0 aromatic heterocycles. The highest BCUT2D eigenvalue weighted by molar-refractivity contribution is 5.89. The number of nitrogens with one attached hydrogen (secondary N) is 1. The first-order valence-electron chi connectivity index (χ1n) is 8.66. The molecular weight excluding hydrogens is 364 g/mol. The van der Waals surface area contributed by atoms with E-state index in [4.69, 9.17) is 15.1 Å². The van der Waals surface area contributed by atoms with Crippen molar-refractivity contribution in [2.75, 3.05) is 13.2 Å². The normalized spacial score (nSPS) is 10.5. The number of hydrogen-bond donors (Lipinski definition) is 3. The van der Waals surface area contributed by atoms with Crippen molar-refractivity contribution in [3.05, 3.63) is 70.8 Å². The third-order valence-electron chi connectivity index (χ3n) is 3.92. The Hall–Kier alpha value is -3.23. The summed E-state index contributed by atoms with van der Waals surface area (Å²) in [7, 11) is 0. The Morgan fingerprint density at radius 1 is 1.00 bits per heavy atom. The van der Waals surface area contributed by atoms with Crippen LogP contribution >= 0.6 is 0 Å². The zero-order valence-electron chi connectivity index (χ0n) is 15.4. The Morgan fingerprint density at radius 2 is 1.57 bits per heavy atom. The fourth-order valence-electron chi connectivity index (χ4n) is 2.74. The number of ether oxygens (including phenoxy) is 1. The van der Waals surface area contributed by atoms with Crippen molar-refractivity contribution in [2.24, 2.45) is 0 Å². The lowest BCUT2D eigenvalue weighted by Crippen LogP contribution is -2.35. The molecule has 0 spiro atoms. The SMILES string of the molecule is CCOC(=O)c1cccc(CN(CC(=O)NO)Cc2cccc(C(=O)O)c2)c1. The standard InChI is InChI=1S/C20H22N2O6/c1-2-28-20(26)17-8-4-6-15(10-17)12-22(13-18(23)21-27)11-14-5-3-7-16(9-14)19(24)25/h3-10,27H,2,11-13H2,1H3,(H,21,23)(H,24,25). The lowest BCUT2D eigenvalue weighted by Gasteiger charge is -2.22. The number of esters is 1. The maximum atomic E-state index is 11.9. The Kier molecular flexibility index (Phi) is 7.67. The van der Waals surface area contributed by atoms with Crippen LogP contribution in [0.2, 0.25) is 0 Å². The summed E-state index contributed by atoms with van der Waals surface area (Å²) < 4.78 is 5.00. The molecule has 2 rings (SSSR count). The first kappa shape index (κ1) is 21.1. The van der Waals surface area contributed by atoms with Crippen molar-refractivity contribution in [1.29, 1.82) is 0 Å². The molecule has 0 aliphatic carbocycles. The summed E-state index contributed by atoms with van der Waals surface area (Å²) in [6, 6.07) is 13.2. The summed E-state index contributed by atoms with van der Waals surface area (Å²) in [5.41, 5.74) is 3.61.